The van der Waals surface area contributed by atoms with E-state index in [0.717, 1.165) is 23.3 Å². The monoisotopic (exact) mass is 220 g/mol. The molecule has 0 N–H and O–H groups in total. The van der Waals surface area contributed by atoms with Gasteiger partial charge in [-0.3, -0.25) is 4.79 Å². The average molecular weight is 220 g/mol. The van der Waals surface area contributed by atoms with Gasteiger partial charge in [0, 0.05) is 12.0 Å². The number of hydrogen-bond acceptors (Lipinski definition) is 2. The highest BCUT2D eigenvalue weighted by Gasteiger charge is 2.09. The molecule has 16 heavy (non-hydrogen) atoms. The van der Waals surface area contributed by atoms with Crippen molar-refractivity contribution in [2.45, 2.75) is 46.6 Å². The Hall–Kier alpha value is -1.31. The van der Waals surface area contributed by atoms with Crippen molar-refractivity contribution in [2.75, 3.05) is 0 Å². The summed E-state index contributed by atoms with van der Waals surface area (Å²) in [7, 11) is 0. The van der Waals surface area contributed by atoms with Gasteiger partial charge in [0.2, 0.25) is 0 Å². The SMILES string of the molecule is CCC(=O)c1ccc(OC(C)C)cc1CC. The fourth-order valence-corrected chi connectivity index (χ4v) is 1.67. The van der Waals surface area contributed by atoms with Crippen molar-refractivity contribution in [3.8, 4) is 5.75 Å². The Kier molecular flexibility index (Phi) is 4.53. The van der Waals surface area contributed by atoms with E-state index < -0.39 is 0 Å². The van der Waals surface area contributed by atoms with Gasteiger partial charge < -0.3 is 4.74 Å². The van der Waals surface area contributed by atoms with Gasteiger partial charge in [0.15, 0.2) is 5.78 Å². The summed E-state index contributed by atoms with van der Waals surface area (Å²) < 4.78 is 5.61. The molecule has 0 atom stereocenters. The number of Topliss-reactive ketones (excluding diaryl/α,β-unsaturated/α-hetero) is 1. The van der Waals surface area contributed by atoms with Gasteiger partial charge in [-0.15, -0.1) is 0 Å². The minimum Gasteiger partial charge on any atom is -0.491 e. The van der Waals surface area contributed by atoms with Gasteiger partial charge in [-0.2, -0.15) is 0 Å². The van der Waals surface area contributed by atoms with E-state index in [1.165, 1.54) is 0 Å². The first-order valence-corrected chi connectivity index (χ1v) is 5.91. The zero-order valence-electron chi connectivity index (χ0n) is 10.5. The van der Waals surface area contributed by atoms with Crippen LogP contribution in [0.4, 0.5) is 0 Å². The molecule has 1 rings (SSSR count). The molecular weight excluding hydrogens is 200 g/mol. The lowest BCUT2D eigenvalue weighted by molar-refractivity contribution is 0.0987. The summed E-state index contributed by atoms with van der Waals surface area (Å²) in [6.07, 6.45) is 1.57. The minimum absolute atomic E-state index is 0.164. The second kappa shape index (κ2) is 5.69. The molecule has 88 valence electrons. The molecule has 0 fully saturated rings. The lowest BCUT2D eigenvalue weighted by Gasteiger charge is -2.12. The normalized spacial score (nSPS) is 10.6. The summed E-state index contributed by atoms with van der Waals surface area (Å²) in [4.78, 5) is 11.7. The number of ether oxygens (including phenoxy) is 1. The third-order valence-electron chi connectivity index (χ3n) is 2.45. The molecule has 0 bridgehead atoms. The van der Waals surface area contributed by atoms with Crippen molar-refractivity contribution in [3.05, 3.63) is 29.3 Å². The Labute approximate surface area is 97.6 Å². The smallest absolute Gasteiger partial charge is 0.162 e. The lowest BCUT2D eigenvalue weighted by atomic mass is 10.00. The van der Waals surface area contributed by atoms with Crippen LogP contribution in [-0.2, 0) is 6.42 Å². The Balaban J connectivity index is 3.01. The van der Waals surface area contributed by atoms with Crippen molar-refractivity contribution in [2.24, 2.45) is 0 Å². The maximum atomic E-state index is 11.7. The molecule has 0 unspecified atom stereocenters. The topological polar surface area (TPSA) is 26.3 Å². The Morgan fingerprint density at radius 3 is 2.50 bits per heavy atom. The molecule has 0 aliphatic rings. The fourth-order valence-electron chi connectivity index (χ4n) is 1.67. The molecule has 2 heteroatoms. The van der Waals surface area contributed by atoms with Gasteiger partial charge in [0.1, 0.15) is 5.75 Å². The maximum absolute atomic E-state index is 11.7. The van der Waals surface area contributed by atoms with Crippen LogP contribution < -0.4 is 4.74 Å². The first kappa shape index (κ1) is 12.8. The number of benzene rings is 1. The Bertz CT molecular complexity index is 367. The van der Waals surface area contributed by atoms with Crippen molar-refractivity contribution in [1.29, 1.82) is 0 Å². The van der Waals surface area contributed by atoms with Gasteiger partial charge in [0.25, 0.3) is 0 Å². The summed E-state index contributed by atoms with van der Waals surface area (Å²) in [6, 6.07) is 5.73. The standard InChI is InChI=1S/C14H20O2/c1-5-11-9-12(16-10(3)4)7-8-13(11)14(15)6-2/h7-10H,5-6H2,1-4H3. The summed E-state index contributed by atoms with van der Waals surface area (Å²) in [6.45, 7) is 7.94. The van der Waals surface area contributed by atoms with Crippen LogP contribution in [-0.4, -0.2) is 11.9 Å². The molecule has 0 aliphatic heterocycles. The Morgan fingerprint density at radius 1 is 1.31 bits per heavy atom. The van der Waals surface area contributed by atoms with Crippen LogP contribution in [0, 0.1) is 0 Å². The van der Waals surface area contributed by atoms with Gasteiger partial charge in [0.05, 0.1) is 6.10 Å². The number of ketones is 1. The van der Waals surface area contributed by atoms with Crippen LogP contribution in [0.3, 0.4) is 0 Å². The fraction of sp³-hybridized carbons (Fsp3) is 0.500. The molecule has 2 nitrogen and oxygen atoms in total. The average Bonchev–Trinajstić information content (AvgIpc) is 2.27. The van der Waals surface area contributed by atoms with Crippen molar-refractivity contribution < 1.29 is 9.53 Å². The third kappa shape index (κ3) is 3.09. The van der Waals surface area contributed by atoms with Crippen LogP contribution in [0.2, 0.25) is 0 Å². The number of rotatable bonds is 5. The first-order chi connectivity index (χ1) is 7.58. The molecule has 0 aliphatic carbocycles. The highest BCUT2D eigenvalue weighted by atomic mass is 16.5. The van der Waals surface area contributed by atoms with Gasteiger partial charge in [-0.25, -0.2) is 0 Å². The molecule has 0 saturated heterocycles. The zero-order valence-corrected chi connectivity index (χ0v) is 10.5. The molecule has 0 radical (unpaired) electrons. The lowest BCUT2D eigenvalue weighted by Crippen LogP contribution is -2.07. The van der Waals surface area contributed by atoms with Crippen molar-refractivity contribution >= 4 is 5.78 Å². The first-order valence-electron chi connectivity index (χ1n) is 5.91. The predicted octanol–water partition coefficient (Wildman–Crippen LogP) is 3.63. The molecule has 1 aromatic rings. The highest BCUT2D eigenvalue weighted by Crippen LogP contribution is 2.20. The summed E-state index contributed by atoms with van der Waals surface area (Å²) in [5.41, 5.74) is 1.91. The van der Waals surface area contributed by atoms with Crippen LogP contribution in [0.5, 0.6) is 5.75 Å². The molecular formula is C14H20O2. The maximum Gasteiger partial charge on any atom is 0.162 e. The predicted molar refractivity (Wildman–Crippen MR) is 66.2 cm³/mol. The number of carbonyl (C=O) groups excluding carboxylic acids is 1. The van der Waals surface area contributed by atoms with E-state index in [1.807, 2.05) is 39.0 Å². The zero-order chi connectivity index (χ0) is 12.1. The van der Waals surface area contributed by atoms with Crippen LogP contribution in [0.25, 0.3) is 0 Å². The van der Waals surface area contributed by atoms with E-state index in [2.05, 4.69) is 6.92 Å². The van der Waals surface area contributed by atoms with E-state index in [0.29, 0.717) is 6.42 Å². The van der Waals surface area contributed by atoms with Gasteiger partial charge >= 0.3 is 0 Å². The number of hydrogen-bond donors (Lipinski definition) is 0. The number of carbonyl (C=O) groups is 1. The van der Waals surface area contributed by atoms with Crippen molar-refractivity contribution in [3.63, 3.8) is 0 Å². The quantitative estimate of drug-likeness (QED) is 0.708. The largest absolute Gasteiger partial charge is 0.491 e. The van der Waals surface area contributed by atoms with Gasteiger partial charge in [-0.1, -0.05) is 13.8 Å². The summed E-state index contributed by atoms with van der Waals surface area (Å²) in [5, 5.41) is 0. The molecule has 0 heterocycles. The van der Waals surface area contributed by atoms with Crippen molar-refractivity contribution in [1.82, 2.24) is 0 Å². The summed E-state index contributed by atoms with van der Waals surface area (Å²) in [5.74, 6) is 1.05. The van der Waals surface area contributed by atoms with E-state index >= 15 is 0 Å². The third-order valence-corrected chi connectivity index (χ3v) is 2.45. The second-order valence-corrected chi connectivity index (χ2v) is 4.12. The molecule has 0 amide bonds. The van der Waals surface area contributed by atoms with Gasteiger partial charge in [-0.05, 0) is 44.0 Å². The number of aryl methyl sites for hydroxylation is 1. The van der Waals surface area contributed by atoms with Crippen LogP contribution >= 0.6 is 0 Å². The molecule has 1 aromatic carbocycles. The van der Waals surface area contributed by atoms with E-state index in [-0.39, 0.29) is 11.9 Å². The minimum atomic E-state index is 0.164. The van der Waals surface area contributed by atoms with Crippen LogP contribution in [0.1, 0.15) is 50.0 Å². The second-order valence-electron chi connectivity index (χ2n) is 4.12. The molecule has 0 saturated carbocycles. The molecule has 0 aromatic heterocycles. The van der Waals surface area contributed by atoms with Crippen LogP contribution in [0.15, 0.2) is 18.2 Å². The van der Waals surface area contributed by atoms with E-state index in [9.17, 15) is 4.79 Å². The highest BCUT2D eigenvalue weighted by molar-refractivity contribution is 5.97. The summed E-state index contributed by atoms with van der Waals surface area (Å²) >= 11 is 0. The Morgan fingerprint density at radius 2 is 2.00 bits per heavy atom. The molecule has 0 spiro atoms. The van der Waals surface area contributed by atoms with E-state index in [4.69, 9.17) is 4.74 Å². The van der Waals surface area contributed by atoms with E-state index in [1.54, 1.807) is 0 Å².